The number of aryl methyl sites for hydroxylation is 1. The Bertz CT molecular complexity index is 240. The molecule has 2 N–H and O–H groups in total. The molecule has 0 saturated heterocycles. The summed E-state index contributed by atoms with van der Waals surface area (Å²) in [4.78, 5) is 4.04. The van der Waals surface area contributed by atoms with Crippen LogP contribution >= 0.6 is 0 Å². The van der Waals surface area contributed by atoms with Crippen molar-refractivity contribution in [2.24, 2.45) is 11.7 Å². The molecule has 1 aromatic rings. The van der Waals surface area contributed by atoms with E-state index in [0.29, 0.717) is 5.92 Å². The summed E-state index contributed by atoms with van der Waals surface area (Å²) in [5, 5.41) is 0. The van der Waals surface area contributed by atoms with Crippen molar-refractivity contribution in [1.82, 2.24) is 9.55 Å². The highest BCUT2D eigenvalue weighted by Crippen LogP contribution is 2.04. The molecule has 0 aliphatic carbocycles. The van der Waals surface area contributed by atoms with Gasteiger partial charge in [0.1, 0.15) is 0 Å². The summed E-state index contributed by atoms with van der Waals surface area (Å²) in [5.41, 5.74) is 7.10. The van der Waals surface area contributed by atoms with Gasteiger partial charge in [-0.15, -0.1) is 0 Å². The van der Waals surface area contributed by atoms with Crippen molar-refractivity contribution in [3.05, 3.63) is 18.2 Å². The molecule has 12 heavy (non-hydrogen) atoms. The van der Waals surface area contributed by atoms with Crippen LogP contribution in [0.1, 0.15) is 19.5 Å². The summed E-state index contributed by atoms with van der Waals surface area (Å²) >= 11 is 0. The Balaban J connectivity index is 2.58. The molecule has 68 valence electrons. The Hall–Kier alpha value is -0.830. The van der Waals surface area contributed by atoms with Crippen LogP contribution in [-0.4, -0.2) is 15.6 Å². The van der Waals surface area contributed by atoms with Crippen molar-refractivity contribution >= 4 is 0 Å². The largest absolute Gasteiger partial charge is 0.333 e. The van der Waals surface area contributed by atoms with Crippen LogP contribution in [0.2, 0.25) is 0 Å². The number of hydrogen-bond acceptors (Lipinski definition) is 2. The van der Waals surface area contributed by atoms with Gasteiger partial charge in [-0.05, 0) is 12.8 Å². The molecule has 0 amide bonds. The molecule has 1 aromatic heterocycles. The minimum atomic E-state index is 0.220. The molecule has 0 saturated carbocycles. The highest BCUT2D eigenvalue weighted by Gasteiger charge is 2.08. The van der Waals surface area contributed by atoms with Crippen LogP contribution in [0.4, 0.5) is 0 Å². The van der Waals surface area contributed by atoms with Gasteiger partial charge in [-0.25, -0.2) is 4.98 Å². The first-order valence-electron chi connectivity index (χ1n) is 4.33. The summed E-state index contributed by atoms with van der Waals surface area (Å²) in [7, 11) is 0. The van der Waals surface area contributed by atoms with Gasteiger partial charge in [0.2, 0.25) is 0 Å². The molecule has 3 nitrogen and oxygen atoms in total. The van der Waals surface area contributed by atoms with E-state index in [2.05, 4.69) is 23.4 Å². The van der Waals surface area contributed by atoms with Gasteiger partial charge in [-0.2, -0.15) is 0 Å². The van der Waals surface area contributed by atoms with E-state index in [1.54, 1.807) is 0 Å². The van der Waals surface area contributed by atoms with Crippen LogP contribution in [0.25, 0.3) is 0 Å². The molecule has 0 aliphatic heterocycles. The first kappa shape index (κ1) is 9.26. The van der Waals surface area contributed by atoms with E-state index < -0.39 is 0 Å². The Kier molecular flexibility index (Phi) is 2.87. The van der Waals surface area contributed by atoms with Gasteiger partial charge in [-0.1, -0.05) is 13.8 Å². The Labute approximate surface area is 73.6 Å². The monoisotopic (exact) mass is 167 g/mol. The average Bonchev–Trinajstić information content (AvgIpc) is 2.36. The van der Waals surface area contributed by atoms with E-state index in [4.69, 9.17) is 5.73 Å². The summed E-state index contributed by atoms with van der Waals surface area (Å²) in [5.74, 6) is 0.520. The van der Waals surface area contributed by atoms with E-state index in [1.807, 2.05) is 19.4 Å². The molecule has 1 heterocycles. The minimum Gasteiger partial charge on any atom is -0.333 e. The first-order chi connectivity index (χ1) is 5.61. The quantitative estimate of drug-likeness (QED) is 0.734. The van der Waals surface area contributed by atoms with Crippen LogP contribution in [0.3, 0.4) is 0 Å². The van der Waals surface area contributed by atoms with Crippen LogP contribution in [-0.2, 0) is 6.54 Å². The van der Waals surface area contributed by atoms with Crippen molar-refractivity contribution in [3.63, 3.8) is 0 Å². The smallest absolute Gasteiger partial charge is 0.0948 e. The predicted molar refractivity (Wildman–Crippen MR) is 49.8 cm³/mol. The molecule has 1 rings (SSSR count). The van der Waals surface area contributed by atoms with Gasteiger partial charge in [-0.3, -0.25) is 0 Å². The summed E-state index contributed by atoms with van der Waals surface area (Å²) in [6.07, 6.45) is 3.69. The Morgan fingerprint density at radius 3 is 2.67 bits per heavy atom. The van der Waals surface area contributed by atoms with Crippen LogP contribution in [0.15, 0.2) is 12.5 Å². The fourth-order valence-corrected chi connectivity index (χ4v) is 1.02. The zero-order valence-corrected chi connectivity index (χ0v) is 7.99. The Morgan fingerprint density at radius 1 is 1.58 bits per heavy atom. The molecule has 1 unspecified atom stereocenters. The predicted octanol–water partition coefficient (Wildman–Crippen LogP) is 1.17. The highest BCUT2D eigenvalue weighted by atomic mass is 15.1. The summed E-state index contributed by atoms with van der Waals surface area (Å²) in [6.45, 7) is 7.18. The standard InChI is InChI=1S/C9H17N3/c1-7(2)9(10)5-12-6-11-4-8(12)3/h4,6-7,9H,5,10H2,1-3H3. The first-order valence-corrected chi connectivity index (χ1v) is 4.33. The zero-order chi connectivity index (χ0) is 9.14. The van der Waals surface area contributed by atoms with Crippen LogP contribution in [0, 0.1) is 12.8 Å². The van der Waals surface area contributed by atoms with Gasteiger partial charge >= 0.3 is 0 Å². The van der Waals surface area contributed by atoms with E-state index in [1.165, 1.54) is 5.69 Å². The molecule has 0 radical (unpaired) electrons. The average molecular weight is 167 g/mol. The maximum atomic E-state index is 5.93. The maximum absolute atomic E-state index is 5.93. The van der Waals surface area contributed by atoms with E-state index in [0.717, 1.165) is 6.54 Å². The van der Waals surface area contributed by atoms with Gasteiger partial charge in [0.05, 0.1) is 6.33 Å². The van der Waals surface area contributed by atoms with Crippen molar-refractivity contribution in [2.45, 2.75) is 33.4 Å². The summed E-state index contributed by atoms with van der Waals surface area (Å²) < 4.78 is 2.09. The van der Waals surface area contributed by atoms with Gasteiger partial charge < -0.3 is 10.3 Å². The SMILES string of the molecule is Cc1cncn1CC(N)C(C)C. The molecule has 0 fully saturated rings. The lowest BCUT2D eigenvalue weighted by molar-refractivity contribution is 0.430. The van der Waals surface area contributed by atoms with Gasteiger partial charge in [0, 0.05) is 24.5 Å². The lowest BCUT2D eigenvalue weighted by Gasteiger charge is -2.16. The third-order valence-corrected chi connectivity index (χ3v) is 2.18. The van der Waals surface area contributed by atoms with E-state index >= 15 is 0 Å². The maximum Gasteiger partial charge on any atom is 0.0948 e. The highest BCUT2D eigenvalue weighted by molar-refractivity contribution is 4.94. The second-order valence-electron chi connectivity index (χ2n) is 3.60. The van der Waals surface area contributed by atoms with Crippen LogP contribution < -0.4 is 5.73 Å². The number of hydrogen-bond donors (Lipinski definition) is 1. The lowest BCUT2D eigenvalue weighted by Crippen LogP contribution is -2.31. The van der Waals surface area contributed by atoms with Crippen molar-refractivity contribution in [2.75, 3.05) is 0 Å². The molecule has 0 aliphatic rings. The normalized spacial score (nSPS) is 13.8. The lowest BCUT2D eigenvalue weighted by atomic mass is 10.1. The molecular formula is C9H17N3. The molecule has 3 heteroatoms. The summed E-state index contributed by atoms with van der Waals surface area (Å²) in [6, 6.07) is 0.220. The second-order valence-corrected chi connectivity index (χ2v) is 3.60. The van der Waals surface area contributed by atoms with Crippen molar-refractivity contribution in [3.8, 4) is 0 Å². The molecular weight excluding hydrogens is 150 g/mol. The fourth-order valence-electron chi connectivity index (χ4n) is 1.02. The van der Waals surface area contributed by atoms with Crippen molar-refractivity contribution in [1.29, 1.82) is 0 Å². The van der Waals surface area contributed by atoms with E-state index in [-0.39, 0.29) is 6.04 Å². The molecule has 0 bridgehead atoms. The third-order valence-electron chi connectivity index (χ3n) is 2.18. The topological polar surface area (TPSA) is 43.8 Å². The van der Waals surface area contributed by atoms with Gasteiger partial charge in [0.25, 0.3) is 0 Å². The minimum absolute atomic E-state index is 0.220. The van der Waals surface area contributed by atoms with Crippen molar-refractivity contribution < 1.29 is 0 Å². The Morgan fingerprint density at radius 2 is 2.25 bits per heavy atom. The molecule has 0 spiro atoms. The van der Waals surface area contributed by atoms with Crippen LogP contribution in [0.5, 0.6) is 0 Å². The number of imidazole rings is 1. The number of aromatic nitrogens is 2. The number of nitrogens with zero attached hydrogens (tertiary/aromatic N) is 2. The molecule has 0 aromatic carbocycles. The van der Waals surface area contributed by atoms with Gasteiger partial charge in [0.15, 0.2) is 0 Å². The number of nitrogens with two attached hydrogens (primary N) is 1. The zero-order valence-electron chi connectivity index (χ0n) is 7.99. The van der Waals surface area contributed by atoms with E-state index in [9.17, 15) is 0 Å². The molecule has 1 atom stereocenters. The fraction of sp³-hybridized carbons (Fsp3) is 0.667. The third kappa shape index (κ3) is 2.08. The number of rotatable bonds is 3. The second kappa shape index (κ2) is 3.72.